The van der Waals surface area contributed by atoms with Crippen LogP contribution in [0.4, 0.5) is 0 Å². The van der Waals surface area contributed by atoms with Crippen LogP contribution in [-0.2, 0) is 22.7 Å². The second-order valence-electron chi connectivity index (χ2n) is 15.3. The zero-order valence-electron chi connectivity index (χ0n) is 30.9. The van der Waals surface area contributed by atoms with Gasteiger partial charge in [-0.2, -0.15) is 0 Å². The third kappa shape index (κ3) is 7.29. The molecule has 0 bridgehead atoms. The summed E-state index contributed by atoms with van der Waals surface area (Å²) in [5.74, 6) is 1.48. The second-order valence-corrected chi connectivity index (χ2v) is 16.0. The number of benzene rings is 2. The van der Waals surface area contributed by atoms with Crippen LogP contribution in [0.5, 0.6) is 11.8 Å². The smallest absolute Gasteiger partial charge is 0.220 e. The molecule has 2 aromatic heterocycles. The predicted octanol–water partition coefficient (Wildman–Crippen LogP) is 7.29. The summed E-state index contributed by atoms with van der Waals surface area (Å²) >= 11 is 14.4. The van der Waals surface area contributed by atoms with E-state index in [2.05, 4.69) is 32.6 Å². The van der Waals surface area contributed by atoms with Crippen molar-refractivity contribution in [2.75, 3.05) is 40.4 Å². The van der Waals surface area contributed by atoms with Gasteiger partial charge in [0.25, 0.3) is 0 Å². The molecule has 8 rings (SSSR count). The van der Waals surface area contributed by atoms with Crippen molar-refractivity contribution in [3.05, 3.63) is 81.8 Å². The molecule has 0 atom stereocenters. The van der Waals surface area contributed by atoms with Crippen LogP contribution in [0.3, 0.4) is 0 Å². The maximum Gasteiger partial charge on any atom is 0.220 e. The fourth-order valence-electron chi connectivity index (χ4n) is 8.77. The van der Waals surface area contributed by atoms with Crippen molar-refractivity contribution in [2.45, 2.75) is 75.5 Å². The van der Waals surface area contributed by atoms with Crippen LogP contribution in [0.2, 0.25) is 10.0 Å². The number of halogens is 2. The topological polar surface area (TPSA) is 109 Å². The molecule has 2 spiro atoms. The first-order valence-electron chi connectivity index (χ1n) is 18.9. The fourth-order valence-corrected chi connectivity index (χ4v) is 9.41. The summed E-state index contributed by atoms with van der Waals surface area (Å²) in [6.07, 6.45) is 6.94. The highest BCUT2D eigenvalue weighted by Crippen LogP contribution is 2.43. The largest absolute Gasteiger partial charge is 0.481 e. The summed E-state index contributed by atoms with van der Waals surface area (Å²) in [5.41, 5.74) is 6.50. The molecule has 2 N–H and O–H groups in total. The molecule has 0 radical (unpaired) electrons. The Morgan fingerprint density at radius 1 is 0.593 bits per heavy atom. The van der Waals surface area contributed by atoms with Crippen molar-refractivity contribution in [3.63, 3.8) is 0 Å². The number of rotatable bonds is 9. The van der Waals surface area contributed by atoms with Gasteiger partial charge in [-0.3, -0.25) is 19.4 Å². The molecule has 4 aliphatic rings. The van der Waals surface area contributed by atoms with E-state index in [1.807, 2.05) is 48.5 Å². The Balaban J connectivity index is 0.990. The zero-order chi connectivity index (χ0) is 37.5. The van der Waals surface area contributed by atoms with Gasteiger partial charge >= 0.3 is 0 Å². The number of likely N-dealkylation sites (tertiary alicyclic amines) is 2. The molecule has 10 nitrogen and oxygen atoms in total. The number of carbonyl (C=O) groups is 2. The third-order valence-corrected chi connectivity index (χ3v) is 12.8. The van der Waals surface area contributed by atoms with Gasteiger partial charge in [0, 0.05) is 96.6 Å². The Labute approximate surface area is 326 Å². The van der Waals surface area contributed by atoms with Gasteiger partial charge in [-0.1, -0.05) is 71.7 Å². The van der Waals surface area contributed by atoms with E-state index in [9.17, 15) is 9.59 Å². The van der Waals surface area contributed by atoms with Crippen LogP contribution in [0.1, 0.15) is 62.5 Å². The van der Waals surface area contributed by atoms with Crippen molar-refractivity contribution in [1.29, 1.82) is 0 Å². The van der Waals surface area contributed by atoms with Gasteiger partial charge in [0.2, 0.25) is 23.6 Å². The third-order valence-electron chi connectivity index (χ3n) is 12.0. The van der Waals surface area contributed by atoms with Crippen molar-refractivity contribution >= 4 is 35.0 Å². The van der Waals surface area contributed by atoms with Gasteiger partial charge in [0.15, 0.2) is 0 Å². The SMILES string of the molecule is COc1nc(-c2cccc(-c3cccc(-c4ccc(CN5CCC6(CCC(=O)N6)CC5)c(OC)n4)c3Cl)c2Cl)ccc1CN1CCC2(CCC(=O)N2)CC1. The highest BCUT2D eigenvalue weighted by molar-refractivity contribution is 6.39. The van der Waals surface area contributed by atoms with Crippen molar-refractivity contribution in [3.8, 4) is 45.4 Å². The molecule has 12 heteroatoms. The first-order chi connectivity index (χ1) is 26.2. The van der Waals surface area contributed by atoms with Gasteiger partial charge in [0.05, 0.1) is 35.7 Å². The molecule has 2 aromatic carbocycles. The summed E-state index contributed by atoms with van der Waals surface area (Å²) in [6, 6.07) is 19.9. The van der Waals surface area contributed by atoms with Crippen LogP contribution in [0.25, 0.3) is 33.6 Å². The minimum absolute atomic E-state index is 0.0341. The molecule has 0 aliphatic carbocycles. The zero-order valence-corrected chi connectivity index (χ0v) is 32.4. The summed E-state index contributed by atoms with van der Waals surface area (Å²) in [6.45, 7) is 5.08. The Morgan fingerprint density at radius 2 is 0.981 bits per heavy atom. The lowest BCUT2D eigenvalue weighted by Gasteiger charge is -2.39. The molecule has 2 amide bonds. The average molecular weight is 770 g/mol. The van der Waals surface area contributed by atoms with Gasteiger partial charge in [-0.05, 0) is 50.7 Å². The molecule has 4 aromatic rings. The van der Waals surface area contributed by atoms with E-state index < -0.39 is 0 Å². The van der Waals surface area contributed by atoms with Gasteiger partial charge in [-0.25, -0.2) is 9.97 Å². The van der Waals surface area contributed by atoms with Gasteiger partial charge in [0.1, 0.15) is 0 Å². The van der Waals surface area contributed by atoms with E-state index in [0.717, 1.165) is 111 Å². The van der Waals surface area contributed by atoms with Crippen LogP contribution in [0, 0.1) is 0 Å². The van der Waals surface area contributed by atoms with Crippen LogP contribution < -0.4 is 20.1 Å². The number of hydrogen-bond donors (Lipinski definition) is 2. The average Bonchev–Trinajstić information content (AvgIpc) is 3.74. The first kappa shape index (κ1) is 36.7. The molecule has 282 valence electrons. The number of amides is 2. The molecule has 6 heterocycles. The van der Waals surface area contributed by atoms with Gasteiger partial charge < -0.3 is 20.1 Å². The quantitative estimate of drug-likeness (QED) is 0.183. The van der Waals surface area contributed by atoms with E-state index in [-0.39, 0.29) is 22.9 Å². The van der Waals surface area contributed by atoms with E-state index in [0.29, 0.717) is 46.0 Å². The molecule has 4 saturated heterocycles. The maximum absolute atomic E-state index is 11.9. The Hall–Kier alpha value is -4.22. The Morgan fingerprint density at radius 3 is 1.33 bits per heavy atom. The van der Waals surface area contributed by atoms with Crippen LogP contribution >= 0.6 is 23.2 Å². The fraction of sp³-hybridized carbons (Fsp3) is 0.429. The lowest BCUT2D eigenvalue weighted by atomic mass is 9.86. The number of piperidine rings is 2. The maximum atomic E-state index is 11.9. The van der Waals surface area contributed by atoms with E-state index in [4.69, 9.17) is 42.6 Å². The molecular formula is C42H46Cl2N6O4. The molecular weight excluding hydrogens is 723 g/mol. The number of nitrogens with zero attached hydrogens (tertiary/aromatic N) is 4. The summed E-state index contributed by atoms with van der Waals surface area (Å²) in [7, 11) is 3.29. The number of carbonyl (C=O) groups excluding carboxylic acids is 2. The first-order valence-corrected chi connectivity index (χ1v) is 19.7. The van der Waals surface area contributed by atoms with E-state index >= 15 is 0 Å². The standard InChI is InChI=1S/C42H46Cl2N6O4/c1-53-39-27(25-49-21-17-41(18-22-49)15-13-35(51)47-41)9-11-33(45-39)31-7-3-5-29(37(31)43)30-6-4-8-32(38(30)44)34-12-10-28(40(46-34)54-2)26-50-23-19-42(20-24-50)16-14-36(52)48-42/h3-12H,13-26H2,1-2H3,(H,47,51)(H,48,52). The summed E-state index contributed by atoms with van der Waals surface area (Å²) < 4.78 is 11.6. The van der Waals surface area contributed by atoms with Gasteiger partial charge in [-0.15, -0.1) is 0 Å². The number of methoxy groups -OCH3 is 2. The van der Waals surface area contributed by atoms with E-state index in [1.54, 1.807) is 14.2 Å². The van der Waals surface area contributed by atoms with Crippen LogP contribution in [-0.4, -0.2) is 83.1 Å². The number of aromatic nitrogens is 2. The molecule has 4 aliphatic heterocycles. The monoisotopic (exact) mass is 768 g/mol. The van der Waals surface area contributed by atoms with E-state index in [1.165, 1.54) is 0 Å². The normalized spacial score (nSPS) is 19.6. The summed E-state index contributed by atoms with van der Waals surface area (Å²) in [5, 5.41) is 7.53. The lowest BCUT2D eigenvalue weighted by molar-refractivity contribution is -0.120. The lowest BCUT2D eigenvalue weighted by Crippen LogP contribution is -2.50. The molecule has 0 saturated carbocycles. The predicted molar refractivity (Wildman–Crippen MR) is 211 cm³/mol. The number of nitrogens with one attached hydrogen (secondary N) is 2. The number of hydrogen-bond acceptors (Lipinski definition) is 8. The minimum Gasteiger partial charge on any atom is -0.481 e. The number of ether oxygens (including phenoxy) is 2. The molecule has 4 fully saturated rings. The van der Waals surface area contributed by atoms with Crippen molar-refractivity contribution < 1.29 is 19.1 Å². The minimum atomic E-state index is -0.0341. The molecule has 54 heavy (non-hydrogen) atoms. The molecule has 0 unspecified atom stereocenters. The highest BCUT2D eigenvalue weighted by Gasteiger charge is 2.41. The number of pyridine rings is 2. The van der Waals surface area contributed by atoms with Crippen molar-refractivity contribution in [2.24, 2.45) is 0 Å². The highest BCUT2D eigenvalue weighted by atomic mass is 35.5. The Bertz CT molecular complexity index is 1930. The Kier molecular flexibility index (Phi) is 10.3. The van der Waals surface area contributed by atoms with Crippen LogP contribution in [0.15, 0.2) is 60.7 Å². The summed E-state index contributed by atoms with van der Waals surface area (Å²) in [4.78, 5) is 38.4. The van der Waals surface area contributed by atoms with Crippen molar-refractivity contribution in [1.82, 2.24) is 30.4 Å². The second kappa shape index (κ2) is 15.1.